The molecule has 0 aliphatic rings. The van der Waals surface area contributed by atoms with Crippen LogP contribution >= 0.6 is 0 Å². The van der Waals surface area contributed by atoms with E-state index in [9.17, 15) is 18.4 Å². The standard InChI is InChI=1S/C53H27F3N6/c1-58-44-16-8-4-12-37(44)32-20-24-49-42(27-32)39-14-6-10-18-47(39)61(49)51-29-41(36-23-22-35(53(54,55)56)26-34(36)31-57)46(60-3)30-52(51)62-48-19-11-7-15-40(48)43-28-33(21-25-50(43)62)38-13-5-9-17-45(38)59-2/h4-30H. The third-order valence-electron chi connectivity index (χ3n) is 11.5. The van der Waals surface area contributed by atoms with Crippen LogP contribution in [0.2, 0.25) is 0 Å². The van der Waals surface area contributed by atoms with Crippen LogP contribution in [0.15, 0.2) is 164 Å². The van der Waals surface area contributed by atoms with Crippen LogP contribution in [0.5, 0.6) is 0 Å². The maximum Gasteiger partial charge on any atom is 0.416 e. The normalized spacial score (nSPS) is 11.4. The summed E-state index contributed by atoms with van der Waals surface area (Å²) in [7, 11) is 0. The number of rotatable bonds is 5. The summed E-state index contributed by atoms with van der Waals surface area (Å²) < 4.78 is 46.0. The molecule has 0 fully saturated rings. The summed E-state index contributed by atoms with van der Waals surface area (Å²) in [5.74, 6) is 0. The van der Waals surface area contributed by atoms with E-state index >= 15 is 0 Å². The predicted octanol–water partition coefficient (Wildman–Crippen LogP) is 15.4. The summed E-state index contributed by atoms with van der Waals surface area (Å²) in [6.45, 7) is 24.1. The second kappa shape index (κ2) is 14.4. The van der Waals surface area contributed by atoms with Crippen molar-refractivity contribution in [2.24, 2.45) is 0 Å². The van der Waals surface area contributed by atoms with Gasteiger partial charge in [-0.25, -0.2) is 14.5 Å². The highest BCUT2D eigenvalue weighted by molar-refractivity contribution is 6.13. The van der Waals surface area contributed by atoms with Gasteiger partial charge in [-0.2, -0.15) is 18.4 Å². The number of para-hydroxylation sites is 4. The van der Waals surface area contributed by atoms with Crippen LogP contribution < -0.4 is 0 Å². The van der Waals surface area contributed by atoms with Gasteiger partial charge in [-0.15, -0.1) is 0 Å². The topological polar surface area (TPSA) is 46.7 Å². The van der Waals surface area contributed by atoms with Crippen molar-refractivity contribution < 1.29 is 13.2 Å². The third kappa shape index (κ3) is 5.85. The molecule has 10 aromatic rings. The zero-order valence-electron chi connectivity index (χ0n) is 32.4. The van der Waals surface area contributed by atoms with E-state index in [1.165, 1.54) is 6.07 Å². The van der Waals surface area contributed by atoms with Crippen LogP contribution in [0.1, 0.15) is 11.1 Å². The summed E-state index contributed by atoms with van der Waals surface area (Å²) >= 11 is 0. The first-order valence-corrected chi connectivity index (χ1v) is 19.4. The SMILES string of the molecule is [C-]#[N+]c1ccccc1-c1ccc2c(c1)c1ccccc1n2-c1cc([N+]#[C-])c(-c2ccc(C(F)(F)F)cc2C#N)cc1-n1c2ccccc2c2cc(-c3ccccc3[N+]#[C-])ccc21. The van der Waals surface area contributed by atoms with Gasteiger partial charge in [0, 0.05) is 21.5 Å². The summed E-state index contributed by atoms with van der Waals surface area (Å²) in [6, 6.07) is 51.5. The van der Waals surface area contributed by atoms with Gasteiger partial charge >= 0.3 is 6.18 Å². The van der Waals surface area contributed by atoms with Gasteiger partial charge in [-0.1, -0.05) is 103 Å². The number of aromatic nitrogens is 2. The summed E-state index contributed by atoms with van der Waals surface area (Å²) in [5.41, 5.74) is 8.39. The third-order valence-corrected chi connectivity index (χ3v) is 11.5. The molecule has 2 aromatic heterocycles. The Morgan fingerprint density at radius 3 is 1.40 bits per heavy atom. The lowest BCUT2D eigenvalue weighted by Gasteiger charge is -2.20. The molecule has 0 aliphatic carbocycles. The summed E-state index contributed by atoms with van der Waals surface area (Å²) in [4.78, 5) is 11.5. The number of fused-ring (bicyclic) bond motifs is 6. The molecule has 2 heterocycles. The quantitative estimate of drug-likeness (QED) is 0.160. The number of hydrogen-bond donors (Lipinski definition) is 0. The van der Waals surface area contributed by atoms with E-state index < -0.39 is 11.7 Å². The molecule has 0 saturated carbocycles. The molecule has 62 heavy (non-hydrogen) atoms. The van der Waals surface area contributed by atoms with Gasteiger partial charge < -0.3 is 9.13 Å². The Balaban J connectivity index is 1.33. The van der Waals surface area contributed by atoms with Gasteiger partial charge in [0.05, 0.1) is 70.4 Å². The molecule has 9 heteroatoms. The van der Waals surface area contributed by atoms with Crippen molar-refractivity contribution in [2.75, 3.05) is 0 Å². The monoisotopic (exact) mass is 804 g/mol. The minimum Gasteiger partial charge on any atom is -0.308 e. The fourth-order valence-corrected chi connectivity index (χ4v) is 8.71. The first-order valence-electron chi connectivity index (χ1n) is 19.4. The van der Waals surface area contributed by atoms with Crippen LogP contribution in [-0.2, 0) is 6.18 Å². The molecule has 0 amide bonds. The van der Waals surface area contributed by atoms with Crippen LogP contribution in [0, 0.1) is 31.0 Å². The first-order chi connectivity index (χ1) is 30.2. The minimum atomic E-state index is -4.67. The highest BCUT2D eigenvalue weighted by atomic mass is 19.4. The summed E-state index contributed by atoms with van der Waals surface area (Å²) in [6.07, 6.45) is -4.67. The van der Waals surface area contributed by atoms with Crippen molar-refractivity contribution in [1.82, 2.24) is 9.13 Å². The van der Waals surface area contributed by atoms with E-state index in [0.29, 0.717) is 28.3 Å². The number of halogens is 3. The summed E-state index contributed by atoms with van der Waals surface area (Å²) in [5, 5.41) is 13.9. The zero-order chi connectivity index (χ0) is 42.7. The van der Waals surface area contributed by atoms with Crippen LogP contribution in [0.3, 0.4) is 0 Å². The molecule has 0 bridgehead atoms. The maximum atomic E-state index is 13.9. The van der Waals surface area contributed by atoms with Crippen LogP contribution in [0.4, 0.5) is 30.2 Å². The minimum absolute atomic E-state index is 0.146. The van der Waals surface area contributed by atoms with Crippen molar-refractivity contribution in [1.29, 1.82) is 5.26 Å². The number of hydrogen-bond acceptors (Lipinski definition) is 1. The number of nitriles is 1. The predicted molar refractivity (Wildman–Crippen MR) is 240 cm³/mol. The highest BCUT2D eigenvalue weighted by Gasteiger charge is 2.32. The van der Waals surface area contributed by atoms with Crippen molar-refractivity contribution in [3.8, 4) is 50.8 Å². The lowest BCUT2D eigenvalue weighted by molar-refractivity contribution is -0.137. The Hall–Kier alpha value is -8.89. The first kappa shape index (κ1) is 37.4. The molecule has 0 atom stereocenters. The van der Waals surface area contributed by atoms with E-state index in [4.69, 9.17) is 19.7 Å². The van der Waals surface area contributed by atoms with Crippen molar-refractivity contribution in [2.45, 2.75) is 6.18 Å². The van der Waals surface area contributed by atoms with Gasteiger partial charge in [0.2, 0.25) is 0 Å². The van der Waals surface area contributed by atoms with Crippen LogP contribution in [0.25, 0.3) is 103 Å². The van der Waals surface area contributed by atoms with Crippen LogP contribution in [-0.4, -0.2) is 9.13 Å². The Bertz CT molecular complexity index is 3690. The average Bonchev–Trinajstić information content (AvgIpc) is 3.82. The van der Waals surface area contributed by atoms with E-state index in [0.717, 1.165) is 78.0 Å². The lowest BCUT2D eigenvalue weighted by Crippen LogP contribution is -2.06. The molecule has 0 unspecified atom stereocenters. The molecule has 0 aliphatic heterocycles. The molecule has 0 saturated heterocycles. The van der Waals surface area contributed by atoms with E-state index in [1.54, 1.807) is 24.3 Å². The Labute approximate surface area is 353 Å². The van der Waals surface area contributed by atoms with Crippen molar-refractivity contribution in [3.63, 3.8) is 0 Å². The van der Waals surface area contributed by atoms with Gasteiger partial charge in [0.1, 0.15) is 0 Å². The largest absolute Gasteiger partial charge is 0.416 e. The maximum absolute atomic E-state index is 13.9. The van der Waals surface area contributed by atoms with Crippen molar-refractivity contribution in [3.05, 3.63) is 209 Å². The molecular formula is C53H27F3N6. The fourth-order valence-electron chi connectivity index (χ4n) is 8.71. The van der Waals surface area contributed by atoms with Crippen molar-refractivity contribution >= 4 is 60.7 Å². The Kier molecular flexibility index (Phi) is 8.70. The Morgan fingerprint density at radius 2 is 0.903 bits per heavy atom. The zero-order valence-corrected chi connectivity index (χ0v) is 32.4. The van der Waals surface area contributed by atoms with E-state index in [2.05, 4.69) is 35.8 Å². The molecule has 0 spiro atoms. The van der Waals surface area contributed by atoms with Gasteiger partial charge in [-0.05, 0) is 94.0 Å². The number of benzene rings is 8. The lowest BCUT2D eigenvalue weighted by atomic mass is 9.95. The van der Waals surface area contributed by atoms with Gasteiger partial charge in [0.15, 0.2) is 17.1 Å². The van der Waals surface area contributed by atoms with Gasteiger partial charge in [0.25, 0.3) is 0 Å². The second-order valence-electron chi connectivity index (χ2n) is 14.8. The molecule has 0 radical (unpaired) electrons. The molecule has 6 nitrogen and oxygen atoms in total. The number of alkyl halides is 3. The fraction of sp³-hybridized carbons (Fsp3) is 0.0189. The number of nitrogens with zero attached hydrogens (tertiary/aromatic N) is 6. The molecule has 10 rings (SSSR count). The molecular weight excluding hydrogens is 778 g/mol. The van der Waals surface area contributed by atoms with E-state index in [-0.39, 0.29) is 16.8 Å². The van der Waals surface area contributed by atoms with Gasteiger partial charge in [-0.3, -0.25) is 0 Å². The highest BCUT2D eigenvalue weighted by Crippen LogP contribution is 2.46. The second-order valence-corrected chi connectivity index (χ2v) is 14.8. The van der Waals surface area contributed by atoms with E-state index in [1.807, 2.05) is 115 Å². The molecule has 290 valence electrons. The smallest absolute Gasteiger partial charge is 0.308 e. The Morgan fingerprint density at radius 1 is 0.435 bits per heavy atom. The molecule has 0 N–H and O–H groups in total. The average molecular weight is 805 g/mol. The molecule has 8 aromatic carbocycles.